The van der Waals surface area contributed by atoms with Gasteiger partial charge in [-0.15, -0.1) is 5.10 Å². The smallest absolute Gasteiger partial charge is 0.183 e. The van der Waals surface area contributed by atoms with Crippen LogP contribution < -0.4 is 4.90 Å². The van der Waals surface area contributed by atoms with E-state index in [0.29, 0.717) is 6.04 Å². The Bertz CT molecular complexity index is 793. The summed E-state index contributed by atoms with van der Waals surface area (Å²) >= 11 is 0. The minimum atomic E-state index is 0.354. The molecule has 0 fully saturated rings. The van der Waals surface area contributed by atoms with E-state index < -0.39 is 0 Å². The highest BCUT2D eigenvalue weighted by Gasteiger charge is 2.30. The van der Waals surface area contributed by atoms with Crippen molar-refractivity contribution in [1.29, 1.82) is 0 Å². The van der Waals surface area contributed by atoms with E-state index in [1.54, 1.807) is 11.0 Å². The Morgan fingerprint density at radius 3 is 2.95 bits per heavy atom. The van der Waals surface area contributed by atoms with Gasteiger partial charge in [0.25, 0.3) is 0 Å². The van der Waals surface area contributed by atoms with E-state index in [-0.39, 0.29) is 0 Å². The molecule has 20 heavy (non-hydrogen) atoms. The molecule has 0 unspecified atom stereocenters. The van der Waals surface area contributed by atoms with Gasteiger partial charge >= 0.3 is 0 Å². The van der Waals surface area contributed by atoms with Gasteiger partial charge in [0.05, 0.1) is 0 Å². The zero-order valence-electron chi connectivity index (χ0n) is 11.4. The molecule has 0 aliphatic carbocycles. The molecular formula is C14H14N6. The first kappa shape index (κ1) is 11.3. The number of rotatable bonds is 1. The lowest BCUT2D eigenvalue weighted by atomic mass is 10.1. The van der Waals surface area contributed by atoms with Crippen LogP contribution in [0.25, 0.3) is 11.2 Å². The fraction of sp³-hybridized carbons (Fsp3) is 0.286. The van der Waals surface area contributed by atoms with Gasteiger partial charge < -0.3 is 4.90 Å². The molecule has 0 bridgehead atoms. The Kier molecular flexibility index (Phi) is 2.26. The minimum Gasteiger partial charge on any atom is -0.321 e. The van der Waals surface area contributed by atoms with Crippen molar-refractivity contribution in [2.45, 2.75) is 19.4 Å². The van der Waals surface area contributed by atoms with Gasteiger partial charge in [-0.2, -0.15) is 0 Å². The summed E-state index contributed by atoms with van der Waals surface area (Å²) in [4.78, 5) is 10.9. The molecule has 1 atom stereocenters. The molecule has 3 heterocycles. The summed E-state index contributed by atoms with van der Waals surface area (Å²) in [5.41, 5.74) is 4.05. The molecule has 0 N–H and O–H groups in total. The van der Waals surface area contributed by atoms with Crippen molar-refractivity contribution in [2.75, 3.05) is 4.90 Å². The average Bonchev–Trinajstić information content (AvgIpc) is 2.99. The van der Waals surface area contributed by atoms with E-state index in [0.717, 1.165) is 23.4 Å². The van der Waals surface area contributed by atoms with Crippen molar-refractivity contribution in [1.82, 2.24) is 25.0 Å². The first-order valence-corrected chi connectivity index (χ1v) is 6.63. The zero-order chi connectivity index (χ0) is 13.7. The van der Waals surface area contributed by atoms with E-state index in [9.17, 15) is 0 Å². The van der Waals surface area contributed by atoms with Crippen molar-refractivity contribution < 1.29 is 0 Å². The molecule has 0 radical (unpaired) electrons. The number of para-hydroxylation sites is 1. The highest BCUT2D eigenvalue weighted by atomic mass is 15.4. The molecular weight excluding hydrogens is 252 g/mol. The van der Waals surface area contributed by atoms with E-state index in [1.165, 1.54) is 11.3 Å². The molecule has 6 heteroatoms. The van der Waals surface area contributed by atoms with Crippen LogP contribution in [0, 0.1) is 0 Å². The molecule has 0 saturated carbocycles. The van der Waals surface area contributed by atoms with Crippen LogP contribution in [0.15, 0.2) is 30.6 Å². The van der Waals surface area contributed by atoms with Gasteiger partial charge in [0, 0.05) is 18.8 Å². The fourth-order valence-corrected chi connectivity index (χ4v) is 2.91. The molecule has 6 nitrogen and oxygen atoms in total. The van der Waals surface area contributed by atoms with Gasteiger partial charge in [0.15, 0.2) is 17.0 Å². The monoisotopic (exact) mass is 266 g/mol. The summed E-state index contributed by atoms with van der Waals surface area (Å²) in [5, 5.41) is 8.26. The molecule has 100 valence electrons. The Labute approximate surface area is 116 Å². The van der Waals surface area contributed by atoms with Crippen LogP contribution >= 0.6 is 0 Å². The second-order valence-electron chi connectivity index (χ2n) is 5.13. The third-order valence-corrected chi connectivity index (χ3v) is 3.80. The standard InChI is InChI=1S/C14H14N6/c1-9-7-10-5-3-4-6-11(10)20(9)14-12-13(15-8-16-14)19(2)18-17-12/h3-6,8-9H,7H2,1-2H3/t9-/m1/s1. The fourth-order valence-electron chi connectivity index (χ4n) is 2.91. The van der Waals surface area contributed by atoms with Crippen LogP contribution in [0.5, 0.6) is 0 Å². The van der Waals surface area contributed by atoms with Gasteiger partial charge in [-0.25, -0.2) is 14.6 Å². The zero-order valence-corrected chi connectivity index (χ0v) is 11.4. The molecule has 1 aromatic carbocycles. The maximum Gasteiger partial charge on any atom is 0.183 e. The highest BCUT2D eigenvalue weighted by Crippen LogP contribution is 2.38. The van der Waals surface area contributed by atoms with Crippen LogP contribution in [0.4, 0.5) is 11.5 Å². The van der Waals surface area contributed by atoms with E-state index in [1.807, 2.05) is 7.05 Å². The topological polar surface area (TPSA) is 59.7 Å². The third kappa shape index (κ3) is 1.44. The summed E-state index contributed by atoms with van der Waals surface area (Å²) in [5.74, 6) is 0.834. The van der Waals surface area contributed by atoms with E-state index in [4.69, 9.17) is 0 Å². The lowest BCUT2D eigenvalue weighted by molar-refractivity contribution is 0.729. The molecule has 4 rings (SSSR count). The van der Waals surface area contributed by atoms with Crippen molar-refractivity contribution in [2.24, 2.45) is 7.05 Å². The second-order valence-corrected chi connectivity index (χ2v) is 5.13. The largest absolute Gasteiger partial charge is 0.321 e. The number of hydrogen-bond acceptors (Lipinski definition) is 5. The van der Waals surface area contributed by atoms with Crippen molar-refractivity contribution in [3.05, 3.63) is 36.2 Å². The lowest BCUT2D eigenvalue weighted by Gasteiger charge is -2.23. The molecule has 1 aliphatic heterocycles. The van der Waals surface area contributed by atoms with Crippen LogP contribution in [-0.4, -0.2) is 31.0 Å². The molecule has 3 aromatic rings. The number of fused-ring (bicyclic) bond motifs is 2. The number of nitrogens with zero attached hydrogens (tertiary/aromatic N) is 6. The van der Waals surface area contributed by atoms with E-state index in [2.05, 4.69) is 56.4 Å². The number of aryl methyl sites for hydroxylation is 1. The summed E-state index contributed by atoms with van der Waals surface area (Å²) in [7, 11) is 1.84. The molecule has 0 spiro atoms. The Hall–Kier alpha value is -2.50. The Morgan fingerprint density at radius 1 is 1.20 bits per heavy atom. The summed E-state index contributed by atoms with van der Waals surface area (Å²) < 4.78 is 1.67. The summed E-state index contributed by atoms with van der Waals surface area (Å²) in [6.45, 7) is 2.20. The van der Waals surface area contributed by atoms with Gasteiger partial charge in [-0.1, -0.05) is 23.4 Å². The molecule has 0 amide bonds. The predicted octanol–water partition coefficient (Wildman–Crippen LogP) is 1.84. The summed E-state index contributed by atoms with van der Waals surface area (Å²) in [6.07, 6.45) is 2.59. The van der Waals surface area contributed by atoms with Gasteiger partial charge in [-0.05, 0) is 25.0 Å². The van der Waals surface area contributed by atoms with Crippen LogP contribution in [0.1, 0.15) is 12.5 Å². The predicted molar refractivity (Wildman–Crippen MR) is 75.8 cm³/mol. The quantitative estimate of drug-likeness (QED) is 0.672. The first-order valence-electron chi connectivity index (χ1n) is 6.63. The molecule has 2 aromatic heterocycles. The van der Waals surface area contributed by atoms with Gasteiger partial charge in [0.2, 0.25) is 0 Å². The Morgan fingerprint density at radius 2 is 2.05 bits per heavy atom. The second kappa shape index (κ2) is 4.00. The Balaban J connectivity index is 1.96. The van der Waals surface area contributed by atoms with Crippen molar-refractivity contribution >= 4 is 22.7 Å². The SMILES string of the molecule is C[C@@H]1Cc2ccccc2N1c1ncnc2c1nnn2C. The summed E-state index contributed by atoms with van der Waals surface area (Å²) in [6, 6.07) is 8.78. The van der Waals surface area contributed by atoms with Crippen LogP contribution in [0.2, 0.25) is 0 Å². The third-order valence-electron chi connectivity index (χ3n) is 3.80. The van der Waals surface area contributed by atoms with Crippen molar-refractivity contribution in [3.8, 4) is 0 Å². The van der Waals surface area contributed by atoms with Gasteiger partial charge in [0.1, 0.15) is 6.33 Å². The normalized spacial score (nSPS) is 17.7. The van der Waals surface area contributed by atoms with Crippen LogP contribution in [0.3, 0.4) is 0 Å². The highest BCUT2D eigenvalue weighted by molar-refractivity contribution is 5.87. The lowest BCUT2D eigenvalue weighted by Crippen LogP contribution is -2.25. The minimum absolute atomic E-state index is 0.354. The first-order chi connectivity index (χ1) is 9.75. The van der Waals surface area contributed by atoms with Gasteiger partial charge in [-0.3, -0.25) is 0 Å². The maximum atomic E-state index is 4.45. The number of benzene rings is 1. The molecule has 1 aliphatic rings. The van der Waals surface area contributed by atoms with Crippen LogP contribution in [-0.2, 0) is 13.5 Å². The number of anilines is 2. The molecule has 0 saturated heterocycles. The van der Waals surface area contributed by atoms with E-state index >= 15 is 0 Å². The number of aromatic nitrogens is 5. The van der Waals surface area contributed by atoms with Crippen molar-refractivity contribution in [3.63, 3.8) is 0 Å². The maximum absolute atomic E-state index is 4.45. The number of hydrogen-bond donors (Lipinski definition) is 0. The average molecular weight is 266 g/mol.